The molecule has 7 heteroatoms. The second kappa shape index (κ2) is 9.49. The van der Waals surface area contributed by atoms with Gasteiger partial charge in [-0.1, -0.05) is 36.4 Å². The predicted molar refractivity (Wildman–Crippen MR) is 138 cm³/mol. The highest BCUT2D eigenvalue weighted by Crippen LogP contribution is 2.34. The summed E-state index contributed by atoms with van der Waals surface area (Å²) in [7, 11) is 3.27. The molecule has 1 N–H and O–H groups in total. The summed E-state index contributed by atoms with van der Waals surface area (Å²) in [5, 5.41) is 6.45. The van der Waals surface area contributed by atoms with E-state index >= 15 is 0 Å². The monoisotopic (exact) mass is 468 g/mol. The minimum absolute atomic E-state index is 0.670. The van der Waals surface area contributed by atoms with Crippen molar-refractivity contribution in [2.45, 2.75) is 13.5 Å². The van der Waals surface area contributed by atoms with Crippen LogP contribution in [0.1, 0.15) is 11.3 Å². The molecule has 0 saturated heterocycles. The maximum Gasteiger partial charge on any atom is 0.161 e. The molecular weight excluding hydrogens is 444 g/mol. The predicted octanol–water partition coefficient (Wildman–Crippen LogP) is 6.36. The zero-order valence-electron chi connectivity index (χ0n) is 19.2. The maximum absolute atomic E-state index is 5.42. The molecule has 0 radical (unpaired) electrons. The topological polar surface area (TPSA) is 69.2 Å². The van der Waals surface area contributed by atoms with Crippen molar-refractivity contribution in [1.29, 1.82) is 0 Å². The number of hydrogen-bond donors (Lipinski definition) is 1. The Hall–Kier alpha value is -3.97. The van der Waals surface area contributed by atoms with Gasteiger partial charge in [-0.25, -0.2) is 15.0 Å². The lowest BCUT2D eigenvalue weighted by Gasteiger charge is -2.10. The van der Waals surface area contributed by atoms with Gasteiger partial charge in [0.1, 0.15) is 10.8 Å². The van der Waals surface area contributed by atoms with E-state index in [0.29, 0.717) is 18.0 Å². The van der Waals surface area contributed by atoms with Gasteiger partial charge in [0.05, 0.1) is 36.6 Å². The van der Waals surface area contributed by atoms with Crippen LogP contribution in [0.3, 0.4) is 0 Å². The molecule has 0 spiro atoms. The van der Waals surface area contributed by atoms with Gasteiger partial charge < -0.3 is 14.8 Å². The minimum atomic E-state index is 0.670. The second-order valence-corrected chi connectivity index (χ2v) is 8.66. The summed E-state index contributed by atoms with van der Waals surface area (Å²) in [6.07, 6.45) is 0. The van der Waals surface area contributed by atoms with Crippen LogP contribution in [0.5, 0.6) is 11.5 Å². The van der Waals surface area contributed by atoms with Crippen LogP contribution in [0.25, 0.3) is 32.9 Å². The van der Waals surface area contributed by atoms with Gasteiger partial charge in [-0.2, -0.15) is 0 Å². The van der Waals surface area contributed by atoms with E-state index in [9.17, 15) is 0 Å². The smallest absolute Gasteiger partial charge is 0.161 e. The zero-order chi connectivity index (χ0) is 23.5. The summed E-state index contributed by atoms with van der Waals surface area (Å²) in [4.78, 5) is 14.2. The van der Waals surface area contributed by atoms with Crippen molar-refractivity contribution in [3.63, 3.8) is 0 Å². The molecule has 34 heavy (non-hydrogen) atoms. The molecule has 0 amide bonds. The number of anilines is 1. The molecule has 5 rings (SSSR count). The van der Waals surface area contributed by atoms with Crippen molar-refractivity contribution < 1.29 is 9.47 Å². The Bertz CT molecular complexity index is 1450. The van der Waals surface area contributed by atoms with Gasteiger partial charge in [0, 0.05) is 23.1 Å². The lowest BCUT2D eigenvalue weighted by molar-refractivity contribution is 0.355. The molecule has 170 valence electrons. The van der Waals surface area contributed by atoms with Gasteiger partial charge in [-0.05, 0) is 42.8 Å². The summed E-state index contributed by atoms with van der Waals surface area (Å²) in [5.74, 6) is 2.20. The Morgan fingerprint density at radius 2 is 1.50 bits per heavy atom. The standard InChI is InChI=1S/C27H24N4O2S/c1-17-26(30-22-7-5-4-6-21(22)29-17)28-15-18-8-10-19(11-9-18)27-31-23(16-34-27)20-12-13-24(32-2)25(14-20)33-3/h4-14,16H,15H2,1-3H3,(H,28,30). The minimum Gasteiger partial charge on any atom is -0.493 e. The lowest BCUT2D eigenvalue weighted by Crippen LogP contribution is -2.04. The van der Waals surface area contributed by atoms with Crippen LogP contribution < -0.4 is 14.8 Å². The van der Waals surface area contributed by atoms with Crippen LogP contribution in [0.2, 0.25) is 0 Å². The molecule has 0 atom stereocenters. The Labute approximate surface area is 202 Å². The Balaban J connectivity index is 1.30. The fraction of sp³-hybridized carbons (Fsp3) is 0.148. The van der Waals surface area contributed by atoms with E-state index in [0.717, 1.165) is 49.9 Å². The molecule has 0 bridgehead atoms. The molecular formula is C27H24N4O2S. The van der Waals surface area contributed by atoms with Crippen LogP contribution in [-0.4, -0.2) is 29.2 Å². The third kappa shape index (κ3) is 4.43. The van der Waals surface area contributed by atoms with Crippen molar-refractivity contribution in [1.82, 2.24) is 15.0 Å². The number of para-hydroxylation sites is 2. The maximum atomic E-state index is 5.42. The first kappa shape index (κ1) is 21.9. The highest BCUT2D eigenvalue weighted by Gasteiger charge is 2.11. The van der Waals surface area contributed by atoms with E-state index in [2.05, 4.69) is 39.9 Å². The summed E-state index contributed by atoms with van der Waals surface area (Å²) in [6, 6.07) is 22.2. The molecule has 0 aliphatic heterocycles. The number of rotatable bonds is 7. The highest BCUT2D eigenvalue weighted by atomic mass is 32.1. The molecule has 2 aromatic heterocycles. The third-order valence-corrected chi connectivity index (χ3v) is 6.48. The van der Waals surface area contributed by atoms with Gasteiger partial charge in [0.15, 0.2) is 11.5 Å². The SMILES string of the molecule is COc1ccc(-c2csc(-c3ccc(CNc4nc5ccccc5nc4C)cc3)n2)cc1OC. The van der Waals surface area contributed by atoms with Crippen molar-refractivity contribution in [2.24, 2.45) is 0 Å². The number of benzene rings is 3. The second-order valence-electron chi connectivity index (χ2n) is 7.80. The van der Waals surface area contributed by atoms with Crippen LogP contribution in [0.4, 0.5) is 5.82 Å². The zero-order valence-corrected chi connectivity index (χ0v) is 20.0. The Morgan fingerprint density at radius 1 is 0.794 bits per heavy atom. The summed E-state index contributed by atoms with van der Waals surface area (Å²) >= 11 is 1.62. The molecule has 5 aromatic rings. The van der Waals surface area contributed by atoms with E-state index < -0.39 is 0 Å². The molecule has 0 aliphatic rings. The van der Waals surface area contributed by atoms with Crippen molar-refractivity contribution in [3.05, 3.63) is 83.4 Å². The Kier molecular flexibility index (Phi) is 6.10. The van der Waals surface area contributed by atoms with Gasteiger partial charge >= 0.3 is 0 Å². The number of aromatic nitrogens is 3. The number of aryl methyl sites for hydroxylation is 1. The molecule has 0 aliphatic carbocycles. The molecule has 0 unspecified atom stereocenters. The summed E-state index contributed by atoms with van der Waals surface area (Å²) in [6.45, 7) is 2.65. The first-order valence-electron chi connectivity index (χ1n) is 10.9. The molecule has 6 nitrogen and oxygen atoms in total. The quantitative estimate of drug-likeness (QED) is 0.300. The first-order valence-corrected chi connectivity index (χ1v) is 11.8. The number of thiazole rings is 1. The third-order valence-electron chi connectivity index (χ3n) is 5.59. The highest BCUT2D eigenvalue weighted by molar-refractivity contribution is 7.13. The average Bonchev–Trinajstić information content (AvgIpc) is 3.37. The molecule has 0 saturated carbocycles. The van der Waals surface area contributed by atoms with E-state index in [1.165, 1.54) is 0 Å². The summed E-state index contributed by atoms with van der Waals surface area (Å²) < 4.78 is 10.8. The van der Waals surface area contributed by atoms with Crippen LogP contribution in [0, 0.1) is 6.92 Å². The van der Waals surface area contributed by atoms with Crippen molar-refractivity contribution in [3.8, 4) is 33.3 Å². The van der Waals surface area contributed by atoms with Crippen molar-refractivity contribution in [2.75, 3.05) is 19.5 Å². The lowest BCUT2D eigenvalue weighted by atomic mass is 10.1. The molecule has 0 fully saturated rings. The molecule has 3 aromatic carbocycles. The first-order chi connectivity index (χ1) is 16.6. The Morgan fingerprint density at radius 3 is 2.24 bits per heavy atom. The largest absolute Gasteiger partial charge is 0.493 e. The van der Waals surface area contributed by atoms with Gasteiger partial charge in [0.25, 0.3) is 0 Å². The number of nitrogens with one attached hydrogen (secondary N) is 1. The van der Waals surface area contributed by atoms with Crippen LogP contribution in [-0.2, 0) is 6.54 Å². The van der Waals surface area contributed by atoms with Gasteiger partial charge in [-0.3, -0.25) is 0 Å². The number of nitrogens with zero attached hydrogens (tertiary/aromatic N) is 3. The van der Waals surface area contributed by atoms with E-state index in [1.807, 2.05) is 49.4 Å². The van der Waals surface area contributed by atoms with Gasteiger partial charge in [-0.15, -0.1) is 11.3 Å². The van der Waals surface area contributed by atoms with Crippen molar-refractivity contribution >= 4 is 28.2 Å². The fourth-order valence-electron chi connectivity index (χ4n) is 3.74. The number of methoxy groups -OCH3 is 2. The van der Waals surface area contributed by atoms with E-state index in [4.69, 9.17) is 19.4 Å². The number of fused-ring (bicyclic) bond motifs is 1. The van der Waals surface area contributed by atoms with Crippen LogP contribution in [0.15, 0.2) is 72.1 Å². The molecule has 2 heterocycles. The average molecular weight is 469 g/mol. The fourth-order valence-corrected chi connectivity index (χ4v) is 4.58. The number of hydrogen-bond acceptors (Lipinski definition) is 7. The number of ether oxygens (including phenoxy) is 2. The normalized spacial score (nSPS) is 10.9. The van der Waals surface area contributed by atoms with E-state index in [1.54, 1.807) is 25.6 Å². The van der Waals surface area contributed by atoms with Gasteiger partial charge in [0.2, 0.25) is 0 Å². The van der Waals surface area contributed by atoms with E-state index in [-0.39, 0.29) is 0 Å². The van der Waals surface area contributed by atoms with Crippen LogP contribution >= 0.6 is 11.3 Å². The summed E-state index contributed by atoms with van der Waals surface area (Å²) in [5.41, 5.74) is 6.84.